The van der Waals surface area contributed by atoms with Crippen molar-refractivity contribution in [2.75, 3.05) is 18.5 Å². The van der Waals surface area contributed by atoms with E-state index >= 15 is 0 Å². The number of carbonyl (C=O) groups excluding carboxylic acids is 1. The third kappa shape index (κ3) is 4.78. The average Bonchev–Trinajstić information content (AvgIpc) is 2.97. The lowest BCUT2D eigenvalue weighted by Crippen LogP contribution is -2.45. The summed E-state index contributed by atoms with van der Waals surface area (Å²) in [5, 5.41) is 3.01. The molecule has 0 fully saturated rings. The number of anilines is 1. The average molecular weight is 340 g/mol. The van der Waals surface area contributed by atoms with Crippen LogP contribution >= 0.6 is 0 Å². The van der Waals surface area contributed by atoms with Crippen LogP contribution in [0.25, 0.3) is 0 Å². The number of aliphatic imine (C=N–C) groups is 1. The number of aromatic nitrogens is 1. The highest BCUT2D eigenvalue weighted by molar-refractivity contribution is 6.08. The minimum Gasteiger partial charge on any atom is -0.365 e. The van der Waals surface area contributed by atoms with E-state index in [4.69, 9.17) is 4.98 Å². The molecule has 0 atom stereocenters. The number of rotatable bonds is 6. The molecule has 1 amide bonds. The van der Waals surface area contributed by atoms with Crippen molar-refractivity contribution in [2.24, 2.45) is 4.99 Å². The van der Waals surface area contributed by atoms with Gasteiger partial charge in [0, 0.05) is 30.2 Å². The Labute approximate surface area is 150 Å². The van der Waals surface area contributed by atoms with E-state index in [2.05, 4.69) is 23.5 Å². The van der Waals surface area contributed by atoms with Gasteiger partial charge in [0.2, 0.25) is 5.91 Å². The quantitative estimate of drug-likeness (QED) is 0.810. The molecule has 0 unspecified atom stereocenters. The van der Waals surface area contributed by atoms with E-state index in [1.807, 2.05) is 38.8 Å². The van der Waals surface area contributed by atoms with Crippen LogP contribution < -0.4 is 10.2 Å². The molecule has 0 spiro atoms. The lowest BCUT2D eigenvalue weighted by Gasteiger charge is -2.26. The third-order valence-electron chi connectivity index (χ3n) is 4.02. The first kappa shape index (κ1) is 18.9. The zero-order valence-corrected chi connectivity index (χ0v) is 15.7. The highest BCUT2D eigenvalue weighted by Crippen LogP contribution is 2.31. The standard InChI is InChI=1S/C20H28N4O/c1-7-15(21-8-2)17-12-18(14-10-9-11-16(14)22-17)24(6)13-19(25)23-20(3,4)5/h7-8,12H,1-2,9-11,13H2,3-6H3,(H,23,25). The second kappa shape index (κ2) is 7.64. The Bertz CT molecular complexity index is 713. The van der Waals surface area contributed by atoms with Crippen LogP contribution in [0.2, 0.25) is 0 Å². The molecule has 5 nitrogen and oxygen atoms in total. The van der Waals surface area contributed by atoms with Gasteiger partial charge < -0.3 is 10.2 Å². The summed E-state index contributed by atoms with van der Waals surface area (Å²) in [5.41, 5.74) is 4.59. The third-order valence-corrected chi connectivity index (χ3v) is 4.02. The number of allylic oxidation sites excluding steroid dienone is 1. The maximum Gasteiger partial charge on any atom is 0.239 e. The molecule has 2 rings (SSSR count). The first-order valence-corrected chi connectivity index (χ1v) is 8.61. The maximum absolute atomic E-state index is 12.3. The van der Waals surface area contributed by atoms with Crippen LogP contribution in [-0.4, -0.2) is 35.7 Å². The minimum atomic E-state index is -0.240. The molecule has 0 aliphatic heterocycles. The molecule has 1 aromatic heterocycles. The largest absolute Gasteiger partial charge is 0.365 e. The van der Waals surface area contributed by atoms with Crippen molar-refractivity contribution in [3.05, 3.63) is 48.5 Å². The summed E-state index contributed by atoms with van der Waals surface area (Å²) in [4.78, 5) is 23.3. The molecule has 25 heavy (non-hydrogen) atoms. The van der Waals surface area contributed by atoms with Crippen LogP contribution in [0, 0.1) is 0 Å². The van der Waals surface area contributed by atoms with Gasteiger partial charge in [-0.2, -0.15) is 0 Å². The van der Waals surface area contributed by atoms with Gasteiger partial charge in [0.15, 0.2) is 0 Å². The van der Waals surface area contributed by atoms with E-state index in [1.54, 1.807) is 6.08 Å². The van der Waals surface area contributed by atoms with E-state index in [1.165, 1.54) is 11.8 Å². The van der Waals surface area contributed by atoms with E-state index in [0.29, 0.717) is 12.3 Å². The predicted octanol–water partition coefficient (Wildman–Crippen LogP) is 3.04. The van der Waals surface area contributed by atoms with Crippen LogP contribution in [0.4, 0.5) is 5.69 Å². The first-order valence-electron chi connectivity index (χ1n) is 8.61. The van der Waals surface area contributed by atoms with Gasteiger partial charge in [0.25, 0.3) is 0 Å². The minimum absolute atomic E-state index is 0.00353. The van der Waals surface area contributed by atoms with E-state index in [-0.39, 0.29) is 11.4 Å². The first-order chi connectivity index (χ1) is 11.7. The number of carbonyl (C=O) groups is 1. The zero-order chi connectivity index (χ0) is 18.6. The number of hydrogen-bond acceptors (Lipinski definition) is 4. The van der Waals surface area contributed by atoms with Crippen LogP contribution in [0.3, 0.4) is 0 Å². The Hall–Kier alpha value is -2.43. The van der Waals surface area contributed by atoms with Crippen molar-refractivity contribution in [2.45, 2.75) is 45.6 Å². The summed E-state index contributed by atoms with van der Waals surface area (Å²) in [5.74, 6) is 0.00353. The lowest BCUT2D eigenvalue weighted by molar-refractivity contribution is -0.121. The highest BCUT2D eigenvalue weighted by Gasteiger charge is 2.23. The van der Waals surface area contributed by atoms with Crippen molar-refractivity contribution >= 4 is 17.3 Å². The van der Waals surface area contributed by atoms with Crippen LogP contribution in [0.1, 0.15) is 44.1 Å². The molecule has 0 bridgehead atoms. The van der Waals surface area contributed by atoms with Gasteiger partial charge in [-0.15, -0.1) is 0 Å². The molecule has 0 saturated heterocycles. The monoisotopic (exact) mass is 340 g/mol. The fourth-order valence-corrected chi connectivity index (χ4v) is 3.07. The highest BCUT2D eigenvalue weighted by atomic mass is 16.2. The second-order valence-electron chi connectivity index (χ2n) is 7.36. The summed E-state index contributed by atoms with van der Waals surface area (Å²) >= 11 is 0. The zero-order valence-electron chi connectivity index (χ0n) is 15.7. The molecule has 1 heterocycles. The molecular formula is C20H28N4O. The summed E-state index contributed by atoms with van der Waals surface area (Å²) in [6.45, 7) is 13.7. The van der Waals surface area contributed by atoms with Crippen molar-refractivity contribution in [3.63, 3.8) is 0 Å². The van der Waals surface area contributed by atoms with Gasteiger partial charge in [0.05, 0.1) is 18.0 Å². The summed E-state index contributed by atoms with van der Waals surface area (Å²) < 4.78 is 0. The molecule has 0 aromatic carbocycles. The topological polar surface area (TPSA) is 57.6 Å². The van der Waals surface area contributed by atoms with Crippen LogP contribution in [-0.2, 0) is 17.6 Å². The smallest absolute Gasteiger partial charge is 0.239 e. The van der Waals surface area contributed by atoms with Gasteiger partial charge in [-0.1, -0.05) is 13.2 Å². The SMILES string of the molecule is C=CN=C(C=C)c1cc(N(C)CC(=O)NC(C)(C)C)c2c(n1)CCC2. The number of fused-ring (bicyclic) bond motifs is 1. The lowest BCUT2D eigenvalue weighted by atomic mass is 10.1. The maximum atomic E-state index is 12.3. The molecule has 1 N–H and O–H groups in total. The number of aryl methyl sites for hydroxylation is 1. The summed E-state index contributed by atoms with van der Waals surface area (Å²) in [7, 11) is 1.94. The Morgan fingerprint density at radius 3 is 2.72 bits per heavy atom. The molecule has 1 aromatic rings. The van der Waals surface area contributed by atoms with Gasteiger partial charge in [-0.25, -0.2) is 0 Å². The molecular weight excluding hydrogens is 312 g/mol. The normalized spacial score (nSPS) is 14.0. The fraction of sp³-hybridized carbons (Fsp3) is 0.450. The Kier molecular flexibility index (Phi) is 5.77. The number of likely N-dealkylation sites (N-methyl/N-ethyl adjacent to an activating group) is 1. The Morgan fingerprint density at radius 1 is 1.40 bits per heavy atom. The second-order valence-corrected chi connectivity index (χ2v) is 7.36. The Balaban J connectivity index is 2.34. The fourth-order valence-electron chi connectivity index (χ4n) is 3.07. The van der Waals surface area contributed by atoms with Crippen molar-refractivity contribution in [3.8, 4) is 0 Å². The number of nitrogens with zero attached hydrogens (tertiary/aromatic N) is 3. The van der Waals surface area contributed by atoms with Crippen LogP contribution in [0.5, 0.6) is 0 Å². The molecule has 5 heteroatoms. The van der Waals surface area contributed by atoms with Crippen molar-refractivity contribution in [1.29, 1.82) is 0 Å². The van der Waals surface area contributed by atoms with Crippen molar-refractivity contribution < 1.29 is 4.79 Å². The molecule has 134 valence electrons. The summed E-state index contributed by atoms with van der Waals surface area (Å²) in [6, 6.07) is 2.00. The van der Waals surface area contributed by atoms with E-state index in [9.17, 15) is 4.79 Å². The Morgan fingerprint density at radius 2 is 2.12 bits per heavy atom. The molecule has 0 saturated carbocycles. The molecule has 1 aliphatic carbocycles. The number of nitrogens with one attached hydrogen (secondary N) is 1. The predicted molar refractivity (Wildman–Crippen MR) is 104 cm³/mol. The van der Waals surface area contributed by atoms with Gasteiger partial charge >= 0.3 is 0 Å². The van der Waals surface area contributed by atoms with Crippen LogP contribution in [0.15, 0.2) is 36.5 Å². The van der Waals surface area contributed by atoms with Gasteiger partial charge in [0.1, 0.15) is 0 Å². The van der Waals surface area contributed by atoms with E-state index in [0.717, 1.165) is 36.3 Å². The number of amides is 1. The summed E-state index contributed by atoms with van der Waals surface area (Å²) in [6.07, 6.45) is 6.21. The molecule has 1 aliphatic rings. The number of hydrogen-bond donors (Lipinski definition) is 1. The van der Waals surface area contributed by atoms with Crippen molar-refractivity contribution in [1.82, 2.24) is 10.3 Å². The van der Waals surface area contributed by atoms with Gasteiger partial charge in [-0.05, 0) is 57.7 Å². The molecule has 0 radical (unpaired) electrons. The number of pyridine rings is 1. The van der Waals surface area contributed by atoms with Gasteiger partial charge in [-0.3, -0.25) is 14.8 Å². The van der Waals surface area contributed by atoms with E-state index < -0.39 is 0 Å².